The Morgan fingerprint density at radius 2 is 1.68 bits per heavy atom. The lowest BCUT2D eigenvalue weighted by atomic mass is 9.75. The highest BCUT2D eigenvalue weighted by atomic mass is 32.1. The monoisotopic (exact) mass is 386 g/mol. The molecule has 1 aromatic carbocycles. The van der Waals surface area contributed by atoms with Gasteiger partial charge in [-0.2, -0.15) is 9.83 Å². The zero-order valence-corrected chi connectivity index (χ0v) is 15.8. The van der Waals surface area contributed by atoms with Crippen LogP contribution in [0.2, 0.25) is 0 Å². The maximum absolute atomic E-state index is 11.9. The average molecular weight is 386 g/mol. The average Bonchev–Trinajstić information content (AvgIpc) is 2.75. The van der Waals surface area contributed by atoms with E-state index in [1.807, 2.05) is 77.6 Å². The van der Waals surface area contributed by atoms with Gasteiger partial charge in [-0.25, -0.2) is 0 Å². The topological polar surface area (TPSA) is 72.8 Å². The third-order valence-electron chi connectivity index (χ3n) is 5.06. The van der Waals surface area contributed by atoms with Gasteiger partial charge in [-0.15, -0.1) is 0 Å². The second kappa shape index (κ2) is 7.39. The van der Waals surface area contributed by atoms with Crippen LogP contribution in [0.25, 0.3) is 0 Å². The van der Waals surface area contributed by atoms with Gasteiger partial charge in [0, 0.05) is 35.7 Å². The highest BCUT2D eigenvalue weighted by Crippen LogP contribution is 2.46. The molecule has 2 aromatic heterocycles. The quantitative estimate of drug-likeness (QED) is 0.534. The molecule has 2 N–H and O–H groups in total. The maximum Gasteiger partial charge on any atom is 0.225 e. The first-order valence-electron chi connectivity index (χ1n) is 8.88. The summed E-state index contributed by atoms with van der Waals surface area (Å²) in [7, 11) is 0. The van der Waals surface area contributed by atoms with E-state index in [0.29, 0.717) is 11.1 Å². The van der Waals surface area contributed by atoms with Crippen LogP contribution in [0, 0.1) is 11.3 Å². The van der Waals surface area contributed by atoms with Crippen molar-refractivity contribution in [1.29, 1.82) is 5.26 Å². The van der Waals surface area contributed by atoms with E-state index < -0.39 is 17.7 Å². The molecule has 138 valence electrons. The number of hydrogen-bond donors (Lipinski definition) is 2. The van der Waals surface area contributed by atoms with Crippen molar-refractivity contribution in [2.45, 2.75) is 17.7 Å². The van der Waals surface area contributed by atoms with Gasteiger partial charge in [0.05, 0.1) is 12.0 Å². The molecule has 1 aliphatic rings. The van der Waals surface area contributed by atoms with E-state index in [2.05, 4.69) is 16.4 Å². The zero-order valence-electron chi connectivity index (χ0n) is 14.9. The summed E-state index contributed by atoms with van der Waals surface area (Å²) in [5.74, 6) is -0.445. The van der Waals surface area contributed by atoms with Crippen LogP contribution in [-0.2, 0) is 18.4 Å². The lowest BCUT2D eigenvalue weighted by Crippen LogP contribution is -2.62. The second-order valence-corrected chi connectivity index (χ2v) is 7.05. The molecule has 0 spiro atoms. The number of benzene rings is 1. The van der Waals surface area contributed by atoms with Crippen molar-refractivity contribution in [1.82, 2.24) is 10.3 Å². The Kier molecular flexibility index (Phi) is 4.78. The van der Waals surface area contributed by atoms with Crippen molar-refractivity contribution in [3.05, 3.63) is 107 Å². The van der Waals surface area contributed by atoms with Crippen molar-refractivity contribution in [3.63, 3.8) is 0 Å². The molecule has 0 bridgehead atoms. The summed E-state index contributed by atoms with van der Waals surface area (Å²) in [6.07, 6.45) is 7.14. The number of aliphatic hydroxyl groups is 1. The van der Waals surface area contributed by atoms with Gasteiger partial charge in [-0.1, -0.05) is 41.4 Å². The highest BCUT2D eigenvalue weighted by Gasteiger charge is 2.53. The van der Waals surface area contributed by atoms with E-state index in [-0.39, 0.29) is 5.03 Å². The van der Waals surface area contributed by atoms with Crippen LogP contribution in [0.1, 0.15) is 23.1 Å². The molecule has 5 nitrogen and oxygen atoms in total. The molecule has 0 radical (unpaired) electrons. The van der Waals surface area contributed by atoms with E-state index >= 15 is 0 Å². The molecule has 0 saturated heterocycles. The lowest BCUT2D eigenvalue weighted by Gasteiger charge is -2.45. The van der Waals surface area contributed by atoms with Crippen molar-refractivity contribution in [2.24, 2.45) is 0 Å². The molecular weight excluding hydrogens is 368 g/mol. The lowest BCUT2D eigenvalue weighted by molar-refractivity contribution is -0.743. The Morgan fingerprint density at radius 1 is 1.04 bits per heavy atom. The molecule has 0 aliphatic carbocycles. The van der Waals surface area contributed by atoms with Gasteiger partial charge >= 0.3 is 0 Å². The number of nitrogens with zero attached hydrogens (tertiary/aromatic N) is 3. The molecule has 3 heterocycles. The molecule has 3 aromatic rings. The number of pyridine rings is 2. The molecule has 28 heavy (non-hydrogen) atoms. The first-order chi connectivity index (χ1) is 13.6. The number of hydrogen-bond acceptors (Lipinski definition) is 5. The fraction of sp³-hybridized carbons (Fsp3) is 0.136. The molecule has 3 atom stereocenters. The summed E-state index contributed by atoms with van der Waals surface area (Å²) in [5.41, 5.74) is 0.461. The first kappa shape index (κ1) is 18.1. The summed E-state index contributed by atoms with van der Waals surface area (Å²) in [6, 6.07) is 20.5. The van der Waals surface area contributed by atoms with E-state index in [9.17, 15) is 10.4 Å². The maximum atomic E-state index is 11.9. The van der Waals surface area contributed by atoms with Gasteiger partial charge in [0.2, 0.25) is 11.8 Å². The van der Waals surface area contributed by atoms with Crippen LogP contribution >= 0.6 is 0 Å². The standard InChI is InChI=1S/C22H18N4OS/c23-15-18-19(16-9-11-24-12-10-16)20(26-13-5-2-6-14-26)22(27,25-21(18)28)17-7-3-1-4-8-17/h1-14,19-20,25,27H. The zero-order chi connectivity index (χ0) is 19.6. The van der Waals surface area contributed by atoms with Crippen LogP contribution in [-0.4, -0.2) is 10.1 Å². The predicted octanol–water partition coefficient (Wildman–Crippen LogP) is 2.42. The smallest absolute Gasteiger partial charge is 0.225 e. The van der Waals surface area contributed by atoms with Crippen molar-refractivity contribution in [3.8, 4) is 6.07 Å². The first-order valence-corrected chi connectivity index (χ1v) is 9.29. The molecule has 0 saturated carbocycles. The minimum atomic E-state index is -1.50. The highest BCUT2D eigenvalue weighted by molar-refractivity contribution is 7.63. The van der Waals surface area contributed by atoms with Gasteiger partial charge in [-0.05, 0) is 17.7 Å². The van der Waals surface area contributed by atoms with E-state index in [1.54, 1.807) is 12.4 Å². The number of allylic oxidation sites excluding steroid dienone is 1. The van der Waals surface area contributed by atoms with Gasteiger partial charge in [0.15, 0.2) is 12.4 Å². The van der Waals surface area contributed by atoms with Gasteiger partial charge in [0.25, 0.3) is 0 Å². The molecule has 1 aliphatic heterocycles. The largest absolute Gasteiger partial charge is 0.762 e. The number of nitriles is 1. The van der Waals surface area contributed by atoms with Gasteiger partial charge in [0.1, 0.15) is 0 Å². The Hall–Kier alpha value is -3.27. The summed E-state index contributed by atoms with van der Waals surface area (Å²) >= 11 is 5.50. The summed E-state index contributed by atoms with van der Waals surface area (Å²) in [6.45, 7) is 0. The fourth-order valence-electron chi connectivity index (χ4n) is 3.82. The molecule has 6 heteroatoms. The molecule has 0 fully saturated rings. The van der Waals surface area contributed by atoms with E-state index in [4.69, 9.17) is 12.6 Å². The number of aromatic nitrogens is 2. The van der Waals surface area contributed by atoms with Crippen LogP contribution in [0.3, 0.4) is 0 Å². The normalized spacial score (nSPS) is 24.3. The number of rotatable bonds is 3. The Labute approximate surface area is 169 Å². The summed E-state index contributed by atoms with van der Waals surface area (Å²) in [4.78, 5) is 4.09. The van der Waals surface area contributed by atoms with Gasteiger partial charge in [-0.3, -0.25) is 4.98 Å². The van der Waals surface area contributed by atoms with Crippen LogP contribution in [0.15, 0.2) is 96.1 Å². The van der Waals surface area contributed by atoms with Crippen LogP contribution in [0.4, 0.5) is 0 Å². The predicted molar refractivity (Wildman–Crippen MR) is 106 cm³/mol. The van der Waals surface area contributed by atoms with Crippen LogP contribution in [0.5, 0.6) is 0 Å². The summed E-state index contributed by atoms with van der Waals surface area (Å²) < 4.78 is 1.92. The van der Waals surface area contributed by atoms with E-state index in [0.717, 1.165) is 5.56 Å². The molecular formula is C22H18N4OS. The minimum absolute atomic E-state index is 0.253. The minimum Gasteiger partial charge on any atom is -0.762 e. The van der Waals surface area contributed by atoms with Crippen LogP contribution < -0.4 is 9.88 Å². The van der Waals surface area contributed by atoms with Crippen molar-refractivity contribution < 1.29 is 9.67 Å². The third kappa shape index (κ3) is 3.01. The SMILES string of the molecule is N#CC1=C([S-])NC(O)(c2ccccc2)C([n+]2ccccc2)C1c1ccncc1. The van der Waals surface area contributed by atoms with Gasteiger partial charge < -0.3 is 23.1 Å². The van der Waals surface area contributed by atoms with Crippen molar-refractivity contribution >= 4 is 12.6 Å². The third-order valence-corrected chi connectivity index (χ3v) is 5.38. The molecule has 3 unspecified atom stereocenters. The second-order valence-electron chi connectivity index (χ2n) is 6.64. The number of nitrogens with one attached hydrogen (secondary N) is 1. The fourth-order valence-corrected chi connectivity index (χ4v) is 4.14. The Balaban J connectivity index is 2.01. The molecule has 0 amide bonds. The van der Waals surface area contributed by atoms with E-state index in [1.165, 1.54) is 0 Å². The molecule has 4 rings (SSSR count). The summed E-state index contributed by atoms with van der Waals surface area (Å²) in [5, 5.41) is 25.1. The Bertz CT molecular complexity index is 1030. The van der Waals surface area contributed by atoms with Crippen molar-refractivity contribution in [2.75, 3.05) is 0 Å². The Morgan fingerprint density at radius 3 is 2.32 bits per heavy atom.